The molecule has 0 saturated carbocycles. The monoisotopic (exact) mass is 603 g/mol. The molecule has 0 saturated heterocycles. The molecule has 2 amide bonds. The molecular weight excluding hydrogens is 569 g/mol. The van der Waals surface area contributed by atoms with E-state index in [-0.39, 0.29) is 23.0 Å². The summed E-state index contributed by atoms with van der Waals surface area (Å²) in [5.74, 6) is -0.821. The first kappa shape index (κ1) is 31.5. The van der Waals surface area contributed by atoms with Gasteiger partial charge in [-0.25, -0.2) is 8.42 Å². The van der Waals surface area contributed by atoms with Gasteiger partial charge in [-0.2, -0.15) is 0 Å². The molecule has 1 atom stereocenters. The van der Waals surface area contributed by atoms with Crippen LogP contribution in [0.15, 0.2) is 71.6 Å². The van der Waals surface area contributed by atoms with Crippen LogP contribution in [0.1, 0.15) is 43.4 Å². The summed E-state index contributed by atoms with van der Waals surface area (Å²) >= 11 is 12.4. The van der Waals surface area contributed by atoms with Crippen molar-refractivity contribution in [1.82, 2.24) is 10.2 Å². The van der Waals surface area contributed by atoms with Crippen LogP contribution >= 0.6 is 23.2 Å². The van der Waals surface area contributed by atoms with Gasteiger partial charge >= 0.3 is 0 Å². The molecule has 40 heavy (non-hydrogen) atoms. The lowest BCUT2D eigenvalue weighted by molar-refractivity contribution is -0.140. The van der Waals surface area contributed by atoms with Crippen LogP contribution in [0.2, 0.25) is 10.0 Å². The molecule has 0 aliphatic carbocycles. The number of nitrogens with zero attached hydrogens (tertiary/aromatic N) is 2. The molecule has 0 bridgehead atoms. The van der Waals surface area contributed by atoms with Crippen molar-refractivity contribution in [2.75, 3.05) is 17.4 Å². The highest BCUT2D eigenvalue weighted by atomic mass is 35.5. The Bertz CT molecular complexity index is 1430. The number of rotatable bonds is 12. The highest BCUT2D eigenvalue weighted by Crippen LogP contribution is 2.29. The molecule has 3 aromatic carbocycles. The van der Waals surface area contributed by atoms with Crippen LogP contribution in [-0.4, -0.2) is 44.3 Å². The van der Waals surface area contributed by atoms with Gasteiger partial charge in [0.05, 0.1) is 10.6 Å². The van der Waals surface area contributed by atoms with Crippen LogP contribution in [0.4, 0.5) is 5.69 Å². The predicted molar refractivity (Wildman–Crippen MR) is 161 cm³/mol. The zero-order valence-electron chi connectivity index (χ0n) is 23.2. The van der Waals surface area contributed by atoms with E-state index in [0.717, 1.165) is 27.4 Å². The maximum absolute atomic E-state index is 14.0. The highest BCUT2D eigenvalue weighted by molar-refractivity contribution is 7.92. The van der Waals surface area contributed by atoms with Crippen LogP contribution in [0.3, 0.4) is 0 Å². The van der Waals surface area contributed by atoms with Gasteiger partial charge in [-0.1, -0.05) is 72.9 Å². The topological polar surface area (TPSA) is 86.8 Å². The fraction of sp³-hybridized carbons (Fsp3) is 0.333. The van der Waals surface area contributed by atoms with Crippen molar-refractivity contribution in [3.8, 4) is 0 Å². The van der Waals surface area contributed by atoms with Gasteiger partial charge in [0.25, 0.3) is 10.0 Å². The number of hydrogen-bond donors (Lipinski definition) is 1. The first-order valence-corrected chi connectivity index (χ1v) is 15.3. The van der Waals surface area contributed by atoms with Crippen molar-refractivity contribution in [2.45, 2.75) is 58.0 Å². The molecule has 3 rings (SSSR count). The Labute approximate surface area is 247 Å². The standard InChI is InChI=1S/C30H35Cl2N3O4S/c1-5-17-33-30(37)28(6-2)34(19-23-10-12-24(31)13-11-23)29(36)20-35(25-14-9-22(4)27(32)18-25)40(38,39)26-15-7-21(3)8-16-26/h7-16,18,28H,5-6,17,19-20H2,1-4H3,(H,33,37)/t28-/m1/s1. The van der Waals surface area contributed by atoms with Crippen LogP contribution < -0.4 is 9.62 Å². The third-order valence-corrected chi connectivity index (χ3v) is 8.98. The Morgan fingerprint density at radius 3 is 2.15 bits per heavy atom. The van der Waals surface area contributed by atoms with E-state index in [2.05, 4.69) is 5.32 Å². The average Bonchev–Trinajstić information content (AvgIpc) is 2.93. The summed E-state index contributed by atoms with van der Waals surface area (Å²) in [7, 11) is -4.17. The lowest BCUT2D eigenvalue weighted by Gasteiger charge is -2.33. The molecule has 10 heteroatoms. The van der Waals surface area contributed by atoms with Crippen molar-refractivity contribution >= 4 is 50.7 Å². The van der Waals surface area contributed by atoms with E-state index in [9.17, 15) is 18.0 Å². The van der Waals surface area contributed by atoms with Gasteiger partial charge < -0.3 is 10.2 Å². The Kier molecular flexibility index (Phi) is 11.0. The van der Waals surface area contributed by atoms with Gasteiger partial charge in [-0.05, 0) is 74.2 Å². The number of carbonyl (C=O) groups is 2. The Balaban J connectivity index is 2.07. The normalized spacial score (nSPS) is 12.1. The molecule has 0 heterocycles. The minimum Gasteiger partial charge on any atom is -0.354 e. The number of nitrogens with one attached hydrogen (secondary N) is 1. The first-order valence-electron chi connectivity index (χ1n) is 13.1. The maximum Gasteiger partial charge on any atom is 0.264 e. The molecule has 0 aliphatic rings. The molecule has 0 aromatic heterocycles. The SMILES string of the molecule is CCCNC(=O)[C@@H](CC)N(Cc1ccc(Cl)cc1)C(=O)CN(c1ccc(C)c(Cl)c1)S(=O)(=O)c1ccc(C)cc1. The van der Waals surface area contributed by atoms with Crippen molar-refractivity contribution in [3.05, 3.63) is 93.5 Å². The molecule has 0 radical (unpaired) electrons. The van der Waals surface area contributed by atoms with Crippen molar-refractivity contribution in [2.24, 2.45) is 0 Å². The van der Waals surface area contributed by atoms with E-state index in [1.165, 1.54) is 23.1 Å². The number of benzene rings is 3. The zero-order valence-corrected chi connectivity index (χ0v) is 25.5. The van der Waals surface area contributed by atoms with E-state index >= 15 is 0 Å². The van der Waals surface area contributed by atoms with Crippen LogP contribution in [0.25, 0.3) is 0 Å². The second-order valence-electron chi connectivity index (χ2n) is 9.62. The third-order valence-electron chi connectivity index (χ3n) is 6.53. The fourth-order valence-electron chi connectivity index (χ4n) is 4.18. The summed E-state index contributed by atoms with van der Waals surface area (Å²) in [6.07, 6.45) is 1.08. The quantitative estimate of drug-likeness (QED) is 0.269. The molecule has 1 N–H and O–H groups in total. The number of sulfonamides is 1. The largest absolute Gasteiger partial charge is 0.354 e. The van der Waals surface area contributed by atoms with Crippen LogP contribution in [0.5, 0.6) is 0 Å². The number of aryl methyl sites for hydroxylation is 2. The summed E-state index contributed by atoms with van der Waals surface area (Å²) in [4.78, 5) is 28.7. The Hall–Kier alpha value is -3.07. The minimum absolute atomic E-state index is 0.0413. The smallest absolute Gasteiger partial charge is 0.264 e. The molecular formula is C30H35Cl2N3O4S. The first-order chi connectivity index (χ1) is 19.0. The van der Waals surface area contributed by atoms with E-state index in [0.29, 0.717) is 23.0 Å². The highest BCUT2D eigenvalue weighted by Gasteiger charge is 2.33. The zero-order chi connectivity index (χ0) is 29.4. The van der Waals surface area contributed by atoms with Gasteiger partial charge in [0, 0.05) is 23.1 Å². The Morgan fingerprint density at radius 2 is 1.57 bits per heavy atom. The molecule has 3 aromatic rings. The second-order valence-corrected chi connectivity index (χ2v) is 12.3. The predicted octanol–water partition coefficient (Wildman–Crippen LogP) is 6.14. The molecule has 214 valence electrons. The molecule has 0 unspecified atom stereocenters. The van der Waals surface area contributed by atoms with E-state index in [1.807, 2.05) is 27.7 Å². The van der Waals surface area contributed by atoms with E-state index in [4.69, 9.17) is 23.2 Å². The van der Waals surface area contributed by atoms with Crippen LogP contribution in [0, 0.1) is 13.8 Å². The molecule has 0 spiro atoms. The fourth-order valence-corrected chi connectivity index (χ4v) is 5.88. The number of amides is 2. The molecule has 0 fully saturated rings. The van der Waals surface area contributed by atoms with Gasteiger partial charge in [-0.3, -0.25) is 13.9 Å². The van der Waals surface area contributed by atoms with Gasteiger partial charge in [0.1, 0.15) is 12.6 Å². The lowest BCUT2D eigenvalue weighted by Crippen LogP contribution is -2.52. The van der Waals surface area contributed by atoms with Crippen molar-refractivity contribution in [1.29, 1.82) is 0 Å². The van der Waals surface area contributed by atoms with Gasteiger partial charge in [0.15, 0.2) is 0 Å². The van der Waals surface area contributed by atoms with Gasteiger partial charge in [-0.15, -0.1) is 0 Å². The minimum atomic E-state index is -4.17. The Morgan fingerprint density at radius 1 is 0.925 bits per heavy atom. The van der Waals surface area contributed by atoms with Crippen LogP contribution in [-0.2, 0) is 26.2 Å². The van der Waals surface area contributed by atoms with E-state index in [1.54, 1.807) is 48.5 Å². The molecule has 7 nitrogen and oxygen atoms in total. The second kappa shape index (κ2) is 14.0. The summed E-state index contributed by atoms with van der Waals surface area (Å²) in [6, 6.07) is 17.4. The molecule has 0 aliphatic heterocycles. The third kappa shape index (κ3) is 7.77. The maximum atomic E-state index is 14.0. The van der Waals surface area contributed by atoms with Crippen molar-refractivity contribution < 1.29 is 18.0 Å². The number of carbonyl (C=O) groups excluding carboxylic acids is 2. The summed E-state index contributed by atoms with van der Waals surface area (Å²) in [5.41, 5.74) is 2.68. The summed E-state index contributed by atoms with van der Waals surface area (Å²) in [5, 5.41) is 3.79. The summed E-state index contributed by atoms with van der Waals surface area (Å²) in [6.45, 7) is 7.47. The number of anilines is 1. The van der Waals surface area contributed by atoms with Crippen molar-refractivity contribution in [3.63, 3.8) is 0 Å². The number of halogens is 2. The van der Waals surface area contributed by atoms with E-state index < -0.39 is 28.5 Å². The summed E-state index contributed by atoms with van der Waals surface area (Å²) < 4.78 is 28.9. The number of hydrogen-bond acceptors (Lipinski definition) is 4. The lowest BCUT2D eigenvalue weighted by atomic mass is 10.1. The van der Waals surface area contributed by atoms with Gasteiger partial charge in [0.2, 0.25) is 11.8 Å². The average molecular weight is 605 g/mol.